The summed E-state index contributed by atoms with van der Waals surface area (Å²) in [5, 5.41) is 8.87. The van der Waals surface area contributed by atoms with E-state index in [4.69, 9.17) is 23.2 Å². The molecule has 1 aromatic heterocycles. The van der Waals surface area contributed by atoms with E-state index in [9.17, 15) is 0 Å². The largest absolute Gasteiger partial charge is 0.381 e. The van der Waals surface area contributed by atoms with Gasteiger partial charge in [-0.1, -0.05) is 41.4 Å². The van der Waals surface area contributed by atoms with E-state index in [-0.39, 0.29) is 0 Å². The molecule has 106 valence electrons. The molecule has 0 atom stereocenters. The summed E-state index contributed by atoms with van der Waals surface area (Å²) < 4.78 is 1.85. The van der Waals surface area contributed by atoms with Crippen LogP contribution in [0.1, 0.15) is 5.56 Å². The number of rotatable bonds is 4. The number of halogens is 2. The topological polar surface area (TPSA) is 29.9 Å². The summed E-state index contributed by atoms with van der Waals surface area (Å²) >= 11 is 12.0. The monoisotopic (exact) mass is 317 g/mol. The third kappa shape index (κ3) is 3.57. The predicted octanol–water partition coefficient (Wildman–Crippen LogP) is 4.79. The van der Waals surface area contributed by atoms with E-state index >= 15 is 0 Å². The Morgan fingerprint density at radius 2 is 1.71 bits per heavy atom. The lowest BCUT2D eigenvalue weighted by molar-refractivity contribution is 0.880. The van der Waals surface area contributed by atoms with Gasteiger partial charge in [-0.05, 0) is 30.3 Å². The minimum atomic E-state index is 0.616. The highest BCUT2D eigenvalue weighted by Crippen LogP contribution is 2.22. The Labute approximate surface area is 133 Å². The maximum Gasteiger partial charge on any atom is 0.0645 e. The summed E-state index contributed by atoms with van der Waals surface area (Å²) in [6, 6.07) is 15.4. The van der Waals surface area contributed by atoms with Gasteiger partial charge in [-0.2, -0.15) is 5.10 Å². The van der Waals surface area contributed by atoms with E-state index in [0.29, 0.717) is 16.6 Å². The van der Waals surface area contributed by atoms with Crippen molar-refractivity contribution in [2.75, 3.05) is 5.32 Å². The molecule has 21 heavy (non-hydrogen) atoms. The molecule has 3 nitrogen and oxygen atoms in total. The lowest BCUT2D eigenvalue weighted by atomic mass is 10.3. The van der Waals surface area contributed by atoms with Gasteiger partial charge in [-0.15, -0.1) is 0 Å². The predicted molar refractivity (Wildman–Crippen MR) is 87.4 cm³/mol. The fraction of sp³-hybridized carbons (Fsp3) is 0.0625. The first kappa shape index (κ1) is 14.0. The van der Waals surface area contributed by atoms with Crippen LogP contribution >= 0.6 is 23.2 Å². The molecule has 0 saturated carbocycles. The van der Waals surface area contributed by atoms with Gasteiger partial charge in [0.05, 0.1) is 11.9 Å². The minimum absolute atomic E-state index is 0.616. The third-order valence-electron chi connectivity index (χ3n) is 3.02. The van der Waals surface area contributed by atoms with E-state index < -0.39 is 0 Å². The SMILES string of the molecule is Clc1cc(Cl)cc(NCc2cnn(-c3ccccc3)c2)c1. The zero-order valence-electron chi connectivity index (χ0n) is 11.1. The molecule has 1 N–H and O–H groups in total. The molecule has 0 spiro atoms. The first-order valence-corrected chi connectivity index (χ1v) is 7.25. The van der Waals surface area contributed by atoms with Crippen LogP contribution in [0, 0.1) is 0 Å². The van der Waals surface area contributed by atoms with Gasteiger partial charge in [-0.25, -0.2) is 4.68 Å². The highest BCUT2D eigenvalue weighted by Gasteiger charge is 2.02. The van der Waals surface area contributed by atoms with Gasteiger partial charge >= 0.3 is 0 Å². The summed E-state index contributed by atoms with van der Waals surface area (Å²) in [6.07, 6.45) is 3.83. The number of benzene rings is 2. The van der Waals surface area contributed by atoms with Crippen molar-refractivity contribution in [3.8, 4) is 5.69 Å². The van der Waals surface area contributed by atoms with Crippen molar-refractivity contribution in [3.05, 3.63) is 76.5 Å². The first-order chi connectivity index (χ1) is 10.2. The number of hydrogen-bond donors (Lipinski definition) is 1. The lowest BCUT2D eigenvalue weighted by Crippen LogP contribution is -1.98. The van der Waals surface area contributed by atoms with Crippen LogP contribution in [0.4, 0.5) is 5.69 Å². The number of para-hydroxylation sites is 1. The molecule has 0 amide bonds. The number of anilines is 1. The molecule has 0 unspecified atom stereocenters. The fourth-order valence-electron chi connectivity index (χ4n) is 2.03. The molecule has 0 radical (unpaired) electrons. The van der Waals surface area contributed by atoms with Gasteiger partial charge in [0, 0.05) is 34.0 Å². The van der Waals surface area contributed by atoms with Crippen molar-refractivity contribution in [2.24, 2.45) is 0 Å². The molecular formula is C16H13Cl2N3. The molecule has 5 heteroatoms. The van der Waals surface area contributed by atoms with Crippen LogP contribution < -0.4 is 5.32 Å². The Morgan fingerprint density at radius 3 is 2.43 bits per heavy atom. The molecule has 1 heterocycles. The molecule has 0 bridgehead atoms. The Balaban J connectivity index is 1.70. The second-order valence-electron chi connectivity index (χ2n) is 4.64. The Hall–Kier alpha value is -1.97. The second-order valence-corrected chi connectivity index (χ2v) is 5.51. The van der Waals surface area contributed by atoms with Crippen LogP contribution in [0.3, 0.4) is 0 Å². The normalized spacial score (nSPS) is 10.6. The van der Waals surface area contributed by atoms with E-state index in [2.05, 4.69) is 10.4 Å². The Kier molecular flexibility index (Phi) is 4.13. The Morgan fingerprint density at radius 1 is 1.00 bits per heavy atom. The Bertz CT molecular complexity index is 718. The molecule has 0 saturated heterocycles. The number of aromatic nitrogens is 2. The molecule has 0 aliphatic rings. The van der Waals surface area contributed by atoms with Crippen molar-refractivity contribution < 1.29 is 0 Å². The maximum atomic E-state index is 5.98. The van der Waals surface area contributed by atoms with E-state index in [1.54, 1.807) is 6.07 Å². The highest BCUT2D eigenvalue weighted by molar-refractivity contribution is 6.35. The molecule has 0 aliphatic heterocycles. The molecule has 3 rings (SSSR count). The molecule has 0 aliphatic carbocycles. The van der Waals surface area contributed by atoms with Gasteiger partial charge < -0.3 is 5.32 Å². The van der Waals surface area contributed by atoms with Gasteiger partial charge in [0.1, 0.15) is 0 Å². The first-order valence-electron chi connectivity index (χ1n) is 6.50. The van der Waals surface area contributed by atoms with Crippen molar-refractivity contribution >= 4 is 28.9 Å². The third-order valence-corrected chi connectivity index (χ3v) is 3.45. The highest BCUT2D eigenvalue weighted by atomic mass is 35.5. The standard InChI is InChI=1S/C16H13Cl2N3/c17-13-6-14(18)8-15(7-13)19-9-12-10-20-21(11-12)16-4-2-1-3-5-16/h1-8,10-11,19H,9H2. The van der Waals surface area contributed by atoms with Crippen molar-refractivity contribution in [2.45, 2.75) is 6.54 Å². The van der Waals surface area contributed by atoms with Crippen LogP contribution in [0.25, 0.3) is 5.69 Å². The average Bonchev–Trinajstić information content (AvgIpc) is 2.94. The van der Waals surface area contributed by atoms with Crippen LogP contribution in [-0.2, 0) is 6.54 Å². The summed E-state index contributed by atoms with van der Waals surface area (Å²) in [4.78, 5) is 0. The van der Waals surface area contributed by atoms with Crippen molar-refractivity contribution in [3.63, 3.8) is 0 Å². The van der Waals surface area contributed by atoms with Crippen LogP contribution in [0.2, 0.25) is 10.0 Å². The number of nitrogens with zero attached hydrogens (tertiary/aromatic N) is 2. The average molecular weight is 318 g/mol. The fourth-order valence-corrected chi connectivity index (χ4v) is 2.56. The van der Waals surface area contributed by atoms with Gasteiger partial charge in [0.2, 0.25) is 0 Å². The molecular weight excluding hydrogens is 305 g/mol. The summed E-state index contributed by atoms with van der Waals surface area (Å²) in [5.74, 6) is 0. The molecule has 0 fully saturated rings. The van der Waals surface area contributed by atoms with Crippen molar-refractivity contribution in [1.29, 1.82) is 0 Å². The summed E-state index contributed by atoms with van der Waals surface area (Å²) in [5.41, 5.74) is 3.00. The summed E-state index contributed by atoms with van der Waals surface area (Å²) in [6.45, 7) is 0.656. The smallest absolute Gasteiger partial charge is 0.0645 e. The molecule has 2 aromatic carbocycles. The second kappa shape index (κ2) is 6.20. The minimum Gasteiger partial charge on any atom is -0.381 e. The number of nitrogens with one attached hydrogen (secondary N) is 1. The van der Waals surface area contributed by atoms with Crippen LogP contribution in [0.15, 0.2) is 60.9 Å². The van der Waals surface area contributed by atoms with Crippen LogP contribution in [-0.4, -0.2) is 9.78 Å². The summed E-state index contributed by atoms with van der Waals surface area (Å²) in [7, 11) is 0. The van der Waals surface area contributed by atoms with E-state index in [0.717, 1.165) is 16.9 Å². The van der Waals surface area contributed by atoms with E-state index in [1.807, 2.05) is 59.5 Å². The van der Waals surface area contributed by atoms with Gasteiger partial charge in [0.25, 0.3) is 0 Å². The maximum absolute atomic E-state index is 5.98. The van der Waals surface area contributed by atoms with E-state index in [1.165, 1.54) is 0 Å². The quantitative estimate of drug-likeness (QED) is 0.749. The van der Waals surface area contributed by atoms with Crippen molar-refractivity contribution in [1.82, 2.24) is 9.78 Å². The number of hydrogen-bond acceptors (Lipinski definition) is 2. The zero-order chi connectivity index (χ0) is 14.7. The zero-order valence-corrected chi connectivity index (χ0v) is 12.6. The lowest BCUT2D eigenvalue weighted by Gasteiger charge is -2.06. The molecule has 3 aromatic rings. The van der Waals surface area contributed by atoms with Crippen LogP contribution in [0.5, 0.6) is 0 Å². The van der Waals surface area contributed by atoms with Gasteiger partial charge in [-0.3, -0.25) is 0 Å². The van der Waals surface area contributed by atoms with Gasteiger partial charge in [0.15, 0.2) is 0 Å².